The van der Waals surface area contributed by atoms with Gasteiger partial charge < -0.3 is 5.11 Å². The molecule has 19 heavy (non-hydrogen) atoms. The first kappa shape index (κ1) is 14.7. The molecule has 1 unspecified atom stereocenters. The molecule has 0 fully saturated rings. The van der Waals surface area contributed by atoms with Crippen LogP contribution in [0.2, 0.25) is 10.0 Å². The van der Waals surface area contributed by atoms with Gasteiger partial charge in [0.15, 0.2) is 11.6 Å². The molecule has 0 aliphatic heterocycles. The first-order chi connectivity index (χ1) is 8.90. The van der Waals surface area contributed by atoms with Crippen LogP contribution in [-0.2, 0) is 0 Å². The van der Waals surface area contributed by atoms with Gasteiger partial charge >= 0.3 is 0 Å². The lowest BCUT2D eigenvalue weighted by atomic mass is 10.0. The number of hydrogen-bond acceptors (Lipinski definition) is 1. The third-order valence-electron chi connectivity index (χ3n) is 2.59. The lowest BCUT2D eigenvalue weighted by Crippen LogP contribution is -2.03. The van der Waals surface area contributed by atoms with Crippen molar-refractivity contribution in [2.45, 2.75) is 6.10 Å². The van der Waals surface area contributed by atoms with E-state index < -0.39 is 17.7 Å². The number of aliphatic hydroxyl groups is 1. The monoisotopic (exact) mass is 366 g/mol. The number of hydrogen-bond donors (Lipinski definition) is 1. The third kappa shape index (κ3) is 3.08. The molecule has 0 bridgehead atoms. The predicted molar refractivity (Wildman–Crippen MR) is 74.6 cm³/mol. The second kappa shape index (κ2) is 5.75. The maximum atomic E-state index is 13.2. The molecule has 2 rings (SSSR count). The van der Waals surface area contributed by atoms with Gasteiger partial charge in [0.2, 0.25) is 0 Å². The molecule has 0 heterocycles. The largest absolute Gasteiger partial charge is 0.384 e. The Bertz CT molecular complexity index is 634. The fourth-order valence-electron chi connectivity index (χ4n) is 1.64. The van der Waals surface area contributed by atoms with E-state index in [1.807, 2.05) is 0 Å². The van der Waals surface area contributed by atoms with Crippen molar-refractivity contribution in [2.24, 2.45) is 0 Å². The van der Waals surface area contributed by atoms with E-state index >= 15 is 0 Å². The van der Waals surface area contributed by atoms with Crippen LogP contribution in [0.25, 0.3) is 0 Å². The second-order valence-electron chi connectivity index (χ2n) is 3.86. The number of aliphatic hydroxyl groups excluding tert-OH is 1. The van der Waals surface area contributed by atoms with Crippen molar-refractivity contribution in [1.29, 1.82) is 0 Å². The summed E-state index contributed by atoms with van der Waals surface area (Å²) in [5.41, 5.74) is 0.407. The molecule has 6 heteroatoms. The summed E-state index contributed by atoms with van der Waals surface area (Å²) in [4.78, 5) is 0. The second-order valence-corrected chi connectivity index (χ2v) is 5.59. The Balaban J connectivity index is 2.52. The van der Waals surface area contributed by atoms with E-state index in [1.165, 1.54) is 0 Å². The molecule has 0 saturated heterocycles. The van der Waals surface area contributed by atoms with Crippen molar-refractivity contribution in [3.63, 3.8) is 0 Å². The Morgan fingerprint density at radius 3 is 2.21 bits per heavy atom. The summed E-state index contributed by atoms with van der Waals surface area (Å²) < 4.78 is 26.9. The van der Waals surface area contributed by atoms with E-state index in [-0.39, 0.29) is 10.6 Å². The molecule has 0 radical (unpaired) electrons. The van der Waals surface area contributed by atoms with Gasteiger partial charge in [0.05, 0.1) is 0 Å². The van der Waals surface area contributed by atoms with Gasteiger partial charge in [-0.05, 0) is 30.3 Å². The fraction of sp³-hybridized carbons (Fsp3) is 0.0769. The van der Waals surface area contributed by atoms with E-state index in [2.05, 4.69) is 15.9 Å². The molecular weight excluding hydrogens is 361 g/mol. The molecule has 0 spiro atoms. The molecule has 0 aliphatic carbocycles. The smallest absolute Gasteiger partial charge is 0.160 e. The van der Waals surface area contributed by atoms with Crippen molar-refractivity contribution in [1.82, 2.24) is 0 Å². The lowest BCUT2D eigenvalue weighted by Gasteiger charge is -2.15. The van der Waals surface area contributed by atoms with Crippen molar-refractivity contribution in [2.75, 3.05) is 0 Å². The zero-order chi connectivity index (χ0) is 14.2. The number of rotatable bonds is 2. The quantitative estimate of drug-likeness (QED) is 0.730. The molecule has 0 saturated carbocycles. The van der Waals surface area contributed by atoms with Crippen LogP contribution in [0.5, 0.6) is 0 Å². The molecule has 100 valence electrons. The highest BCUT2D eigenvalue weighted by Gasteiger charge is 2.19. The summed E-state index contributed by atoms with van der Waals surface area (Å²) in [5, 5.41) is 10.4. The lowest BCUT2D eigenvalue weighted by molar-refractivity contribution is 0.219. The average Bonchev–Trinajstić information content (AvgIpc) is 2.36. The van der Waals surface area contributed by atoms with Crippen LogP contribution < -0.4 is 0 Å². The van der Waals surface area contributed by atoms with Crippen LogP contribution in [0.15, 0.2) is 34.8 Å². The minimum Gasteiger partial charge on any atom is -0.384 e. The van der Waals surface area contributed by atoms with Crippen molar-refractivity contribution >= 4 is 39.1 Å². The van der Waals surface area contributed by atoms with Gasteiger partial charge in [-0.3, -0.25) is 0 Å². The van der Waals surface area contributed by atoms with Crippen molar-refractivity contribution in [3.8, 4) is 0 Å². The molecule has 0 aromatic heterocycles. The van der Waals surface area contributed by atoms with E-state index in [0.29, 0.717) is 15.1 Å². The van der Waals surface area contributed by atoms with E-state index in [4.69, 9.17) is 23.2 Å². The average molecular weight is 368 g/mol. The zero-order valence-corrected chi connectivity index (χ0v) is 12.4. The molecular formula is C13H7BrCl2F2O. The summed E-state index contributed by atoms with van der Waals surface area (Å²) >= 11 is 15.0. The van der Waals surface area contributed by atoms with Crippen LogP contribution in [0, 0.1) is 11.6 Å². The standard InChI is InChI=1S/C13H7BrCl2F2O/c14-6-1-2-9(15)7(3-6)13(19)8-4-11(17)12(18)5-10(8)16/h1-5,13,19H. The van der Waals surface area contributed by atoms with Gasteiger partial charge in [-0.1, -0.05) is 39.1 Å². The molecule has 1 atom stereocenters. The first-order valence-corrected chi connectivity index (χ1v) is 6.72. The maximum absolute atomic E-state index is 13.2. The van der Waals surface area contributed by atoms with Gasteiger partial charge in [-0.25, -0.2) is 8.78 Å². The first-order valence-electron chi connectivity index (χ1n) is 5.17. The molecule has 0 aliphatic rings. The minimum absolute atomic E-state index is 0.0561. The van der Waals surface area contributed by atoms with Gasteiger partial charge in [0, 0.05) is 25.6 Å². The zero-order valence-electron chi connectivity index (χ0n) is 9.30. The van der Waals surface area contributed by atoms with Crippen LogP contribution >= 0.6 is 39.1 Å². The Hall–Kier alpha value is -0.680. The van der Waals surface area contributed by atoms with Gasteiger partial charge in [-0.2, -0.15) is 0 Å². The summed E-state index contributed by atoms with van der Waals surface area (Å²) in [5.74, 6) is -2.15. The van der Waals surface area contributed by atoms with Crippen molar-refractivity contribution in [3.05, 3.63) is 67.6 Å². The number of halogens is 5. The minimum atomic E-state index is -1.24. The molecule has 0 amide bonds. The fourth-order valence-corrected chi connectivity index (χ4v) is 2.49. The van der Waals surface area contributed by atoms with Crippen LogP contribution in [-0.4, -0.2) is 5.11 Å². The topological polar surface area (TPSA) is 20.2 Å². The Labute approximate surface area is 126 Å². The number of benzene rings is 2. The van der Waals surface area contributed by atoms with Gasteiger partial charge in [0.1, 0.15) is 6.10 Å². The highest BCUT2D eigenvalue weighted by molar-refractivity contribution is 9.10. The van der Waals surface area contributed by atoms with Gasteiger partial charge in [-0.15, -0.1) is 0 Å². The highest BCUT2D eigenvalue weighted by Crippen LogP contribution is 2.34. The molecule has 1 nitrogen and oxygen atoms in total. The highest BCUT2D eigenvalue weighted by atomic mass is 79.9. The summed E-state index contributed by atoms with van der Waals surface area (Å²) in [6, 6.07) is 6.55. The SMILES string of the molecule is OC(c1cc(Br)ccc1Cl)c1cc(F)c(F)cc1Cl. The van der Waals surface area contributed by atoms with E-state index in [9.17, 15) is 13.9 Å². The summed E-state index contributed by atoms with van der Waals surface area (Å²) in [6.45, 7) is 0. The van der Waals surface area contributed by atoms with Gasteiger partial charge in [0.25, 0.3) is 0 Å². The van der Waals surface area contributed by atoms with E-state index in [0.717, 1.165) is 12.1 Å². The van der Waals surface area contributed by atoms with Crippen LogP contribution in [0.1, 0.15) is 17.2 Å². The van der Waals surface area contributed by atoms with E-state index in [1.54, 1.807) is 18.2 Å². The Kier molecular flexibility index (Phi) is 4.46. The Morgan fingerprint density at radius 1 is 0.947 bits per heavy atom. The maximum Gasteiger partial charge on any atom is 0.160 e. The predicted octanol–water partition coefficient (Wildman–Crippen LogP) is 5.12. The van der Waals surface area contributed by atoms with Crippen molar-refractivity contribution < 1.29 is 13.9 Å². The molecule has 2 aromatic rings. The third-order valence-corrected chi connectivity index (χ3v) is 3.75. The normalized spacial score (nSPS) is 12.5. The van der Waals surface area contributed by atoms with Crippen LogP contribution in [0.3, 0.4) is 0 Å². The van der Waals surface area contributed by atoms with Crippen LogP contribution in [0.4, 0.5) is 8.78 Å². The Morgan fingerprint density at radius 2 is 1.53 bits per heavy atom. The molecule has 1 N–H and O–H groups in total. The molecule has 2 aromatic carbocycles. The summed E-state index contributed by atoms with van der Waals surface area (Å²) in [7, 11) is 0. The summed E-state index contributed by atoms with van der Waals surface area (Å²) in [6.07, 6.45) is -1.24.